The van der Waals surface area contributed by atoms with E-state index in [1.54, 1.807) is 12.3 Å². The van der Waals surface area contributed by atoms with Crippen LogP contribution in [0, 0.1) is 12.7 Å². The lowest BCUT2D eigenvalue weighted by Gasteiger charge is -2.23. The lowest BCUT2D eigenvalue weighted by Crippen LogP contribution is -2.25. The fourth-order valence-corrected chi connectivity index (χ4v) is 5.02. The van der Waals surface area contributed by atoms with Crippen molar-refractivity contribution in [3.63, 3.8) is 0 Å². The molecule has 1 aliphatic heterocycles. The summed E-state index contributed by atoms with van der Waals surface area (Å²) >= 11 is 0. The van der Waals surface area contributed by atoms with Gasteiger partial charge in [0.2, 0.25) is 0 Å². The minimum atomic E-state index is -0.240. The van der Waals surface area contributed by atoms with Gasteiger partial charge in [-0.15, -0.1) is 0 Å². The Labute approximate surface area is 187 Å². The topological polar surface area (TPSA) is 50.5 Å². The predicted molar refractivity (Wildman–Crippen MR) is 127 cm³/mol. The van der Waals surface area contributed by atoms with E-state index in [2.05, 4.69) is 10.0 Å². The highest BCUT2D eigenvalue weighted by Gasteiger charge is 2.22. The van der Waals surface area contributed by atoms with E-state index in [1.807, 2.05) is 31.2 Å². The van der Waals surface area contributed by atoms with Crippen LogP contribution < -0.4 is 10.5 Å². The minimum Gasteiger partial charge on any atom is -0.369 e. The zero-order valence-electron chi connectivity index (χ0n) is 18.6. The van der Waals surface area contributed by atoms with Crippen LogP contribution in [0.25, 0.3) is 10.9 Å². The number of aromatic nitrogens is 2. The fourth-order valence-electron chi connectivity index (χ4n) is 5.02. The van der Waals surface area contributed by atoms with E-state index in [4.69, 9.17) is 4.98 Å². The number of hydrogen-bond donors (Lipinski definition) is 0. The molecule has 0 unspecified atom stereocenters. The summed E-state index contributed by atoms with van der Waals surface area (Å²) in [6.07, 6.45) is 9.33. The quantitative estimate of drug-likeness (QED) is 0.521. The van der Waals surface area contributed by atoms with Crippen LogP contribution in [0.1, 0.15) is 67.8 Å². The fraction of sp³-hybridized carbons (Fsp3) is 0.423. The van der Waals surface area contributed by atoms with Gasteiger partial charge in [0, 0.05) is 24.6 Å². The van der Waals surface area contributed by atoms with E-state index in [-0.39, 0.29) is 17.3 Å². The molecule has 1 aromatic heterocycles. The second-order valence-electron chi connectivity index (χ2n) is 9.04. The van der Waals surface area contributed by atoms with Crippen molar-refractivity contribution in [1.29, 1.82) is 0 Å². The van der Waals surface area contributed by atoms with Crippen LogP contribution in [0.5, 0.6) is 0 Å². The molecule has 1 saturated heterocycles. The van der Waals surface area contributed by atoms with Gasteiger partial charge >= 0.3 is 0 Å². The predicted octanol–water partition coefficient (Wildman–Crippen LogP) is 5.37. The first-order chi connectivity index (χ1) is 15.6. The maximum atomic E-state index is 14.9. The molecule has 32 heavy (non-hydrogen) atoms. The summed E-state index contributed by atoms with van der Waals surface area (Å²) < 4.78 is 16.3. The third-order valence-corrected chi connectivity index (χ3v) is 6.84. The molecule has 0 amide bonds. The van der Waals surface area contributed by atoms with Gasteiger partial charge in [0.15, 0.2) is 0 Å². The monoisotopic (exact) mass is 432 g/mol. The van der Waals surface area contributed by atoms with Gasteiger partial charge in [-0.05, 0) is 62.4 Å². The van der Waals surface area contributed by atoms with Crippen molar-refractivity contribution in [2.45, 2.75) is 57.8 Å². The van der Waals surface area contributed by atoms with Crippen LogP contribution >= 0.6 is 0 Å². The zero-order chi connectivity index (χ0) is 22.1. The Bertz CT molecular complexity index is 1220. The third-order valence-electron chi connectivity index (χ3n) is 6.84. The lowest BCUT2D eigenvalue weighted by atomic mass is 9.88. The molecule has 5 nitrogen and oxygen atoms in total. The molecule has 6 heteroatoms. The van der Waals surface area contributed by atoms with Crippen LogP contribution in [0.4, 0.5) is 10.1 Å². The van der Waals surface area contributed by atoms with Crippen molar-refractivity contribution in [1.82, 2.24) is 9.66 Å². The highest BCUT2D eigenvalue weighted by molar-refractivity contribution is 5.83. The Morgan fingerprint density at radius 3 is 2.59 bits per heavy atom. The van der Waals surface area contributed by atoms with Crippen LogP contribution in [0.2, 0.25) is 0 Å². The molecular weight excluding hydrogens is 403 g/mol. The van der Waals surface area contributed by atoms with Crippen LogP contribution in [0.15, 0.2) is 46.3 Å². The first kappa shape index (κ1) is 20.9. The molecule has 2 fully saturated rings. The molecule has 0 spiro atoms. The van der Waals surface area contributed by atoms with Gasteiger partial charge in [0.1, 0.15) is 11.6 Å². The Hall–Kier alpha value is -3.02. The molecule has 5 rings (SSSR count). The molecule has 3 aromatic rings. The van der Waals surface area contributed by atoms with Gasteiger partial charge in [-0.2, -0.15) is 9.78 Å². The number of benzene rings is 2. The van der Waals surface area contributed by atoms with Gasteiger partial charge in [-0.3, -0.25) is 4.79 Å². The number of rotatable bonds is 4. The Kier molecular flexibility index (Phi) is 5.77. The summed E-state index contributed by atoms with van der Waals surface area (Å²) in [4.78, 5) is 20.3. The molecule has 0 N–H and O–H groups in total. The summed E-state index contributed by atoms with van der Waals surface area (Å²) in [6, 6.07) is 10.8. The standard InChI is InChI=1S/C26H29FN4O/c1-18-15-24(30-13-7-8-14-30)22(27)16-20(18)17-28-31-25(19-9-3-2-4-10-19)29-23-12-6-5-11-21(23)26(31)32/h5-6,11-12,15-17,19H,2-4,7-10,13-14H2,1H3. The lowest BCUT2D eigenvalue weighted by molar-refractivity contribution is 0.416. The summed E-state index contributed by atoms with van der Waals surface area (Å²) in [5, 5.41) is 5.12. The van der Waals surface area contributed by atoms with Crippen molar-refractivity contribution in [3.8, 4) is 0 Å². The molecule has 0 atom stereocenters. The van der Waals surface area contributed by atoms with E-state index in [1.165, 1.54) is 17.2 Å². The van der Waals surface area contributed by atoms with Gasteiger partial charge in [0.05, 0.1) is 22.8 Å². The molecule has 166 valence electrons. The van der Waals surface area contributed by atoms with Crippen molar-refractivity contribution >= 4 is 22.8 Å². The van der Waals surface area contributed by atoms with Gasteiger partial charge in [-0.1, -0.05) is 31.4 Å². The number of aryl methyl sites for hydroxylation is 1. The van der Waals surface area contributed by atoms with Crippen molar-refractivity contribution in [3.05, 3.63) is 69.5 Å². The van der Waals surface area contributed by atoms with Gasteiger partial charge < -0.3 is 4.90 Å². The molecule has 2 heterocycles. The summed E-state index contributed by atoms with van der Waals surface area (Å²) in [5.74, 6) is 0.695. The Morgan fingerprint density at radius 1 is 1.06 bits per heavy atom. The smallest absolute Gasteiger partial charge is 0.282 e. The van der Waals surface area contributed by atoms with E-state index >= 15 is 0 Å². The average molecular weight is 433 g/mol. The van der Waals surface area contributed by atoms with Crippen LogP contribution in [-0.4, -0.2) is 29.0 Å². The molecular formula is C26H29FN4O. The SMILES string of the molecule is Cc1cc(N2CCCC2)c(F)cc1C=Nn1c(C2CCCCC2)nc2ccccc2c1=O. The number of nitrogens with zero attached hydrogens (tertiary/aromatic N) is 4. The second-order valence-corrected chi connectivity index (χ2v) is 9.04. The number of anilines is 1. The molecule has 2 aliphatic rings. The number of para-hydroxylation sites is 1. The van der Waals surface area contributed by atoms with Crippen molar-refractivity contribution < 1.29 is 4.39 Å². The van der Waals surface area contributed by atoms with Crippen molar-refractivity contribution in [2.24, 2.45) is 5.10 Å². The highest BCUT2D eigenvalue weighted by Crippen LogP contribution is 2.32. The van der Waals surface area contributed by atoms with Gasteiger partial charge in [0.25, 0.3) is 5.56 Å². The van der Waals surface area contributed by atoms with E-state index in [0.29, 0.717) is 22.2 Å². The first-order valence-corrected chi connectivity index (χ1v) is 11.7. The first-order valence-electron chi connectivity index (χ1n) is 11.7. The van der Waals surface area contributed by atoms with Crippen molar-refractivity contribution in [2.75, 3.05) is 18.0 Å². The molecule has 1 saturated carbocycles. The summed E-state index contributed by atoms with van der Waals surface area (Å²) in [6.45, 7) is 3.75. The highest BCUT2D eigenvalue weighted by atomic mass is 19.1. The largest absolute Gasteiger partial charge is 0.369 e. The molecule has 2 aromatic carbocycles. The molecule has 0 bridgehead atoms. The maximum Gasteiger partial charge on any atom is 0.282 e. The van der Waals surface area contributed by atoms with E-state index in [9.17, 15) is 9.18 Å². The second kappa shape index (κ2) is 8.85. The Morgan fingerprint density at radius 2 is 1.81 bits per heavy atom. The Balaban J connectivity index is 1.56. The molecule has 0 radical (unpaired) electrons. The normalized spacial score (nSPS) is 17.6. The summed E-state index contributed by atoms with van der Waals surface area (Å²) in [5.41, 5.74) is 2.82. The third kappa shape index (κ3) is 3.94. The van der Waals surface area contributed by atoms with Gasteiger partial charge in [-0.25, -0.2) is 9.37 Å². The number of hydrogen-bond acceptors (Lipinski definition) is 4. The molecule has 1 aliphatic carbocycles. The number of fused-ring (bicyclic) bond motifs is 1. The van der Waals surface area contributed by atoms with Crippen LogP contribution in [-0.2, 0) is 0 Å². The van der Waals surface area contributed by atoms with Crippen LogP contribution in [0.3, 0.4) is 0 Å². The number of halogens is 1. The van der Waals surface area contributed by atoms with E-state index in [0.717, 1.165) is 63.0 Å². The average Bonchev–Trinajstić information content (AvgIpc) is 3.35. The summed E-state index contributed by atoms with van der Waals surface area (Å²) in [7, 11) is 0. The zero-order valence-corrected chi connectivity index (χ0v) is 18.6. The van der Waals surface area contributed by atoms with E-state index < -0.39 is 0 Å². The maximum absolute atomic E-state index is 14.9. The minimum absolute atomic E-state index is 0.167.